The first-order valence-corrected chi connectivity index (χ1v) is 5.50. The molecule has 2 aromatic rings. The smallest absolute Gasteiger partial charge is 0.163 e. The fraction of sp³-hybridized carbons (Fsp3) is 0.250. The van der Waals surface area contributed by atoms with Crippen LogP contribution in [0.4, 0.5) is 5.82 Å². The van der Waals surface area contributed by atoms with E-state index in [1.54, 1.807) is 12.4 Å². The number of nitrogens with one attached hydrogen (secondary N) is 1. The van der Waals surface area contributed by atoms with E-state index >= 15 is 0 Å². The lowest BCUT2D eigenvalue weighted by atomic mass is 10.1. The second kappa shape index (κ2) is 4.88. The van der Waals surface area contributed by atoms with Gasteiger partial charge in [-0.15, -0.1) is 0 Å². The van der Waals surface area contributed by atoms with Gasteiger partial charge in [-0.3, -0.25) is 4.98 Å². The maximum Gasteiger partial charge on any atom is 0.163 e. The zero-order valence-electron chi connectivity index (χ0n) is 9.94. The van der Waals surface area contributed by atoms with Crippen molar-refractivity contribution in [3.8, 4) is 11.4 Å². The molecule has 0 aliphatic rings. The highest BCUT2D eigenvalue weighted by Gasteiger charge is 2.10. The lowest BCUT2D eigenvalue weighted by molar-refractivity contribution is 0.994. The summed E-state index contributed by atoms with van der Waals surface area (Å²) in [5.41, 5.74) is 5.49. The number of hydrazine groups is 1. The highest BCUT2D eigenvalue weighted by Crippen LogP contribution is 2.21. The van der Waals surface area contributed by atoms with E-state index in [1.165, 1.54) is 0 Å². The second-order valence-corrected chi connectivity index (χ2v) is 3.70. The van der Waals surface area contributed by atoms with Crippen molar-refractivity contribution in [3.05, 3.63) is 35.8 Å². The average Bonchev–Trinajstić information content (AvgIpc) is 2.38. The molecule has 0 aromatic carbocycles. The zero-order valence-corrected chi connectivity index (χ0v) is 9.94. The second-order valence-electron chi connectivity index (χ2n) is 3.70. The number of nitrogens with zero attached hydrogens (tertiary/aromatic N) is 3. The molecule has 2 heterocycles. The summed E-state index contributed by atoms with van der Waals surface area (Å²) in [7, 11) is 0. The van der Waals surface area contributed by atoms with Gasteiger partial charge in [-0.25, -0.2) is 15.8 Å². The molecule has 0 fully saturated rings. The Kier molecular flexibility index (Phi) is 3.30. The summed E-state index contributed by atoms with van der Waals surface area (Å²) in [4.78, 5) is 12.9. The van der Waals surface area contributed by atoms with Crippen molar-refractivity contribution in [2.45, 2.75) is 20.3 Å². The molecule has 2 aromatic heterocycles. The van der Waals surface area contributed by atoms with Gasteiger partial charge in [0.25, 0.3) is 0 Å². The van der Waals surface area contributed by atoms with Crippen LogP contribution in [0.5, 0.6) is 0 Å². The van der Waals surface area contributed by atoms with Gasteiger partial charge >= 0.3 is 0 Å². The van der Waals surface area contributed by atoms with E-state index < -0.39 is 0 Å². The number of anilines is 1. The van der Waals surface area contributed by atoms with Crippen molar-refractivity contribution in [3.63, 3.8) is 0 Å². The number of rotatable bonds is 3. The third kappa shape index (κ3) is 2.24. The highest BCUT2D eigenvalue weighted by molar-refractivity contribution is 5.58. The van der Waals surface area contributed by atoms with Gasteiger partial charge < -0.3 is 5.43 Å². The molecular formula is C12H15N5. The van der Waals surface area contributed by atoms with Crippen LogP contribution in [-0.2, 0) is 6.42 Å². The minimum absolute atomic E-state index is 0.640. The Morgan fingerprint density at radius 2 is 2.18 bits per heavy atom. The molecule has 17 heavy (non-hydrogen) atoms. The van der Waals surface area contributed by atoms with E-state index in [0.717, 1.165) is 23.2 Å². The molecule has 0 saturated heterocycles. The highest BCUT2D eigenvalue weighted by atomic mass is 15.3. The number of nitrogen functional groups attached to an aromatic ring is 1. The molecule has 0 aliphatic carbocycles. The van der Waals surface area contributed by atoms with Crippen LogP contribution in [-0.4, -0.2) is 15.0 Å². The molecule has 5 heteroatoms. The molecule has 0 bridgehead atoms. The van der Waals surface area contributed by atoms with Crippen LogP contribution in [0.2, 0.25) is 0 Å². The van der Waals surface area contributed by atoms with Crippen molar-refractivity contribution in [2.75, 3.05) is 5.43 Å². The van der Waals surface area contributed by atoms with Gasteiger partial charge in [0.15, 0.2) is 5.82 Å². The lowest BCUT2D eigenvalue weighted by Crippen LogP contribution is -2.13. The van der Waals surface area contributed by atoms with Crippen molar-refractivity contribution >= 4 is 5.82 Å². The standard InChI is InChI=1S/C12H15N5/c1-3-10-8(2)15-11(16-12(10)17-13)9-5-4-6-14-7-9/h4-7H,3,13H2,1-2H3,(H,15,16,17). The number of aryl methyl sites for hydroxylation is 1. The SMILES string of the molecule is CCc1c(C)nc(-c2cccnc2)nc1NN. The Morgan fingerprint density at radius 3 is 2.76 bits per heavy atom. The van der Waals surface area contributed by atoms with Gasteiger partial charge in [-0.2, -0.15) is 0 Å². The molecule has 0 saturated carbocycles. The van der Waals surface area contributed by atoms with Crippen LogP contribution in [0.3, 0.4) is 0 Å². The summed E-state index contributed by atoms with van der Waals surface area (Å²) in [6.07, 6.45) is 4.30. The third-order valence-electron chi connectivity index (χ3n) is 2.62. The number of aromatic nitrogens is 3. The third-order valence-corrected chi connectivity index (χ3v) is 2.62. The van der Waals surface area contributed by atoms with Crippen LogP contribution >= 0.6 is 0 Å². The zero-order chi connectivity index (χ0) is 12.3. The number of hydrogen-bond donors (Lipinski definition) is 2. The minimum Gasteiger partial charge on any atom is -0.308 e. The van der Waals surface area contributed by atoms with Gasteiger partial charge in [0.2, 0.25) is 0 Å². The van der Waals surface area contributed by atoms with E-state index in [0.29, 0.717) is 11.6 Å². The summed E-state index contributed by atoms with van der Waals surface area (Å²) < 4.78 is 0. The maximum absolute atomic E-state index is 5.49. The van der Waals surface area contributed by atoms with Gasteiger partial charge in [0.05, 0.1) is 0 Å². The summed E-state index contributed by atoms with van der Waals surface area (Å²) in [6, 6.07) is 3.78. The predicted octanol–water partition coefficient (Wildman–Crippen LogP) is 1.70. The molecule has 0 spiro atoms. The Hall–Kier alpha value is -2.01. The molecule has 0 radical (unpaired) electrons. The average molecular weight is 229 g/mol. The summed E-state index contributed by atoms with van der Waals surface area (Å²) in [6.45, 7) is 4.01. The van der Waals surface area contributed by atoms with E-state index in [9.17, 15) is 0 Å². The van der Waals surface area contributed by atoms with Crippen LogP contribution in [0.1, 0.15) is 18.2 Å². The summed E-state index contributed by atoms with van der Waals surface area (Å²) in [5, 5.41) is 0. The molecular weight excluding hydrogens is 214 g/mol. The first-order valence-electron chi connectivity index (χ1n) is 5.50. The number of hydrogen-bond acceptors (Lipinski definition) is 5. The van der Waals surface area contributed by atoms with E-state index in [2.05, 4.69) is 27.3 Å². The number of pyridine rings is 1. The Balaban J connectivity index is 2.54. The van der Waals surface area contributed by atoms with Gasteiger partial charge in [-0.05, 0) is 25.5 Å². The number of nitrogens with two attached hydrogens (primary N) is 1. The lowest BCUT2D eigenvalue weighted by Gasteiger charge is -2.11. The van der Waals surface area contributed by atoms with Crippen molar-refractivity contribution < 1.29 is 0 Å². The Morgan fingerprint density at radius 1 is 1.35 bits per heavy atom. The van der Waals surface area contributed by atoms with Gasteiger partial charge in [0.1, 0.15) is 5.82 Å². The van der Waals surface area contributed by atoms with Crippen LogP contribution in [0.25, 0.3) is 11.4 Å². The molecule has 3 N–H and O–H groups in total. The fourth-order valence-electron chi connectivity index (χ4n) is 1.76. The van der Waals surface area contributed by atoms with Gasteiger partial charge in [-0.1, -0.05) is 6.92 Å². The first-order chi connectivity index (χ1) is 8.26. The fourth-order valence-corrected chi connectivity index (χ4v) is 1.76. The van der Waals surface area contributed by atoms with E-state index in [4.69, 9.17) is 5.84 Å². The quantitative estimate of drug-likeness (QED) is 0.618. The normalized spacial score (nSPS) is 10.3. The van der Waals surface area contributed by atoms with Crippen molar-refractivity contribution in [1.82, 2.24) is 15.0 Å². The Labute approximate surface area is 100 Å². The minimum atomic E-state index is 0.640. The van der Waals surface area contributed by atoms with Gasteiger partial charge in [0, 0.05) is 29.2 Å². The molecule has 0 amide bonds. The van der Waals surface area contributed by atoms with Crippen LogP contribution < -0.4 is 11.3 Å². The van der Waals surface area contributed by atoms with Crippen molar-refractivity contribution in [1.29, 1.82) is 0 Å². The molecule has 5 nitrogen and oxygen atoms in total. The molecule has 88 valence electrons. The monoisotopic (exact) mass is 229 g/mol. The largest absolute Gasteiger partial charge is 0.308 e. The molecule has 0 atom stereocenters. The summed E-state index contributed by atoms with van der Waals surface area (Å²) in [5.74, 6) is 6.81. The van der Waals surface area contributed by atoms with Crippen molar-refractivity contribution in [2.24, 2.45) is 5.84 Å². The molecule has 0 aliphatic heterocycles. The van der Waals surface area contributed by atoms with Crippen LogP contribution in [0.15, 0.2) is 24.5 Å². The van der Waals surface area contributed by atoms with E-state index in [-0.39, 0.29) is 0 Å². The molecule has 0 unspecified atom stereocenters. The topological polar surface area (TPSA) is 76.7 Å². The molecule has 2 rings (SSSR count). The Bertz CT molecular complexity index is 510. The summed E-state index contributed by atoms with van der Waals surface area (Å²) >= 11 is 0. The predicted molar refractivity (Wildman–Crippen MR) is 67.2 cm³/mol. The van der Waals surface area contributed by atoms with Crippen LogP contribution in [0, 0.1) is 6.92 Å². The van der Waals surface area contributed by atoms with E-state index in [1.807, 2.05) is 19.1 Å². The maximum atomic E-state index is 5.49. The first kappa shape index (κ1) is 11.5.